The zero-order valence-corrected chi connectivity index (χ0v) is 17.2. The summed E-state index contributed by atoms with van der Waals surface area (Å²) in [6.45, 7) is 5.59. The van der Waals surface area contributed by atoms with Gasteiger partial charge in [-0.3, -0.25) is 4.79 Å². The molecule has 0 fully saturated rings. The quantitative estimate of drug-likeness (QED) is 0.228. The molecule has 0 bridgehead atoms. The van der Waals surface area contributed by atoms with E-state index in [0.29, 0.717) is 44.4 Å². The lowest BCUT2D eigenvalue weighted by molar-refractivity contribution is -0.149. The Labute approximate surface area is 168 Å². The predicted octanol–water partition coefficient (Wildman–Crippen LogP) is 3.13. The largest absolute Gasteiger partial charge is 0.490 e. The van der Waals surface area contributed by atoms with E-state index in [-0.39, 0.29) is 18.5 Å². The molecule has 0 aliphatic carbocycles. The number of fused-ring (bicyclic) bond motifs is 1. The molecule has 2 rings (SSSR count). The molecule has 0 amide bonds. The number of hydrogen-bond acceptors (Lipinski definition) is 8. The Morgan fingerprint density at radius 1 is 1.04 bits per heavy atom. The van der Waals surface area contributed by atoms with Crippen molar-refractivity contribution in [2.45, 2.75) is 18.7 Å². The summed E-state index contributed by atoms with van der Waals surface area (Å²) in [6, 6.07) is 6.98. The van der Waals surface area contributed by atoms with Crippen LogP contribution < -0.4 is 10.4 Å². The van der Waals surface area contributed by atoms with Crippen molar-refractivity contribution >= 4 is 28.7 Å². The zero-order chi connectivity index (χ0) is 20.4. The third-order valence-electron chi connectivity index (χ3n) is 3.71. The number of esters is 1. The Bertz CT molecular complexity index is 816. The molecule has 2 aromatic rings. The van der Waals surface area contributed by atoms with Crippen LogP contribution in [0.5, 0.6) is 5.75 Å². The molecule has 8 heteroatoms. The highest BCUT2D eigenvalue weighted by atomic mass is 32.2. The van der Waals surface area contributed by atoms with Crippen LogP contribution in [0.25, 0.3) is 11.0 Å². The van der Waals surface area contributed by atoms with Gasteiger partial charge in [-0.2, -0.15) is 0 Å². The molecule has 1 heterocycles. The second-order valence-electron chi connectivity index (χ2n) is 6.19. The number of thioether (sulfide) groups is 1. The molecule has 0 radical (unpaired) electrons. The Morgan fingerprint density at radius 3 is 2.39 bits per heavy atom. The second-order valence-corrected chi connectivity index (χ2v) is 7.07. The summed E-state index contributed by atoms with van der Waals surface area (Å²) in [5, 5.41) is 0.747. The van der Waals surface area contributed by atoms with Crippen molar-refractivity contribution in [2.75, 3.05) is 45.9 Å². The van der Waals surface area contributed by atoms with E-state index in [4.69, 9.17) is 23.4 Å². The summed E-state index contributed by atoms with van der Waals surface area (Å²) < 4.78 is 26.7. The van der Waals surface area contributed by atoms with Crippen molar-refractivity contribution in [1.82, 2.24) is 0 Å². The first-order chi connectivity index (χ1) is 13.5. The normalized spacial score (nSPS) is 11.1. The van der Waals surface area contributed by atoms with Gasteiger partial charge in [-0.15, -0.1) is 11.8 Å². The van der Waals surface area contributed by atoms with Crippen LogP contribution in [0, 0.1) is 5.92 Å². The summed E-state index contributed by atoms with van der Waals surface area (Å²) in [5.74, 6) is 0.110. The molecule has 28 heavy (non-hydrogen) atoms. The van der Waals surface area contributed by atoms with Crippen molar-refractivity contribution in [3.63, 3.8) is 0 Å². The molecular weight excluding hydrogens is 384 g/mol. The van der Waals surface area contributed by atoms with Crippen molar-refractivity contribution in [2.24, 2.45) is 5.92 Å². The summed E-state index contributed by atoms with van der Waals surface area (Å²) in [4.78, 5) is 24.0. The summed E-state index contributed by atoms with van der Waals surface area (Å²) >= 11 is 1.57. The number of benzene rings is 1. The first-order valence-electron chi connectivity index (χ1n) is 9.08. The van der Waals surface area contributed by atoms with Crippen LogP contribution in [0.1, 0.15) is 13.8 Å². The molecular formula is C20H26O7S. The smallest absolute Gasteiger partial charge is 0.339 e. The first kappa shape index (κ1) is 22.3. The van der Waals surface area contributed by atoms with Crippen LogP contribution in [-0.4, -0.2) is 51.9 Å². The lowest BCUT2D eigenvalue weighted by atomic mass is 10.2. The van der Waals surface area contributed by atoms with Gasteiger partial charge >= 0.3 is 11.6 Å². The van der Waals surface area contributed by atoms with Gasteiger partial charge in [-0.25, -0.2) is 4.79 Å². The van der Waals surface area contributed by atoms with E-state index in [1.54, 1.807) is 25.6 Å². The topological polar surface area (TPSA) is 84.2 Å². The standard InChI is InChI=1S/C20H26O7S/c1-14(2)20(22)26-11-9-24-7-6-23-8-10-25-17-13-19(21)27-18-12-15(28-3)4-5-16(17)18/h4-5,12-14H,6-11H2,1-3H3. The molecule has 0 aliphatic heterocycles. The van der Waals surface area contributed by atoms with E-state index in [2.05, 4.69) is 0 Å². The van der Waals surface area contributed by atoms with Gasteiger partial charge in [0.15, 0.2) is 0 Å². The number of rotatable bonds is 12. The molecule has 1 aromatic carbocycles. The minimum atomic E-state index is -0.451. The van der Waals surface area contributed by atoms with Gasteiger partial charge in [0, 0.05) is 4.90 Å². The monoisotopic (exact) mass is 410 g/mol. The maximum absolute atomic E-state index is 11.7. The summed E-state index contributed by atoms with van der Waals surface area (Å²) in [6.07, 6.45) is 1.96. The molecule has 0 saturated heterocycles. The van der Waals surface area contributed by atoms with E-state index in [0.717, 1.165) is 10.3 Å². The van der Waals surface area contributed by atoms with Crippen LogP contribution in [0.4, 0.5) is 0 Å². The third kappa shape index (κ3) is 7.18. The van der Waals surface area contributed by atoms with E-state index < -0.39 is 5.63 Å². The average molecular weight is 410 g/mol. The van der Waals surface area contributed by atoms with Crippen LogP contribution >= 0.6 is 11.8 Å². The zero-order valence-electron chi connectivity index (χ0n) is 16.4. The predicted molar refractivity (Wildman–Crippen MR) is 107 cm³/mol. The Morgan fingerprint density at radius 2 is 1.71 bits per heavy atom. The van der Waals surface area contributed by atoms with Crippen LogP contribution in [0.15, 0.2) is 38.4 Å². The number of carbonyl (C=O) groups excluding carboxylic acids is 1. The molecule has 0 atom stereocenters. The molecule has 154 valence electrons. The Hall–Kier alpha value is -2.03. The SMILES string of the molecule is CSc1ccc2c(OCCOCCOCCOC(=O)C(C)C)cc(=O)oc2c1. The third-order valence-corrected chi connectivity index (χ3v) is 4.44. The van der Waals surface area contributed by atoms with Gasteiger partial charge in [-0.05, 0) is 24.5 Å². The van der Waals surface area contributed by atoms with E-state index >= 15 is 0 Å². The van der Waals surface area contributed by atoms with Gasteiger partial charge in [0.1, 0.15) is 24.5 Å². The molecule has 0 aliphatic rings. The summed E-state index contributed by atoms with van der Waals surface area (Å²) in [5.41, 5.74) is 0.0510. The molecule has 0 unspecified atom stereocenters. The Kier molecular flexibility index (Phi) is 9.33. The molecule has 0 N–H and O–H groups in total. The fraction of sp³-hybridized carbons (Fsp3) is 0.500. The molecule has 0 saturated carbocycles. The van der Waals surface area contributed by atoms with Gasteiger partial charge < -0.3 is 23.4 Å². The minimum Gasteiger partial charge on any atom is -0.490 e. The van der Waals surface area contributed by atoms with Crippen molar-refractivity contribution in [3.05, 3.63) is 34.7 Å². The average Bonchev–Trinajstić information content (AvgIpc) is 2.68. The number of hydrogen-bond donors (Lipinski definition) is 0. The van der Waals surface area contributed by atoms with Crippen LogP contribution in [-0.2, 0) is 19.0 Å². The first-order valence-corrected chi connectivity index (χ1v) is 10.3. The van der Waals surface area contributed by atoms with Crippen molar-refractivity contribution < 1.29 is 28.2 Å². The Balaban J connectivity index is 1.65. The second kappa shape index (κ2) is 11.7. The molecule has 0 spiro atoms. The fourth-order valence-electron chi connectivity index (χ4n) is 2.26. The number of carbonyl (C=O) groups is 1. The van der Waals surface area contributed by atoms with Gasteiger partial charge in [0.05, 0.1) is 43.8 Å². The van der Waals surface area contributed by atoms with Crippen LogP contribution in [0.3, 0.4) is 0 Å². The van der Waals surface area contributed by atoms with E-state index in [1.807, 2.05) is 24.5 Å². The highest BCUT2D eigenvalue weighted by molar-refractivity contribution is 7.98. The van der Waals surface area contributed by atoms with Gasteiger partial charge in [-0.1, -0.05) is 13.8 Å². The highest BCUT2D eigenvalue weighted by Gasteiger charge is 2.08. The minimum absolute atomic E-state index is 0.135. The fourth-order valence-corrected chi connectivity index (χ4v) is 2.69. The van der Waals surface area contributed by atoms with E-state index in [1.165, 1.54) is 6.07 Å². The molecule has 1 aromatic heterocycles. The highest BCUT2D eigenvalue weighted by Crippen LogP contribution is 2.27. The van der Waals surface area contributed by atoms with Crippen molar-refractivity contribution in [1.29, 1.82) is 0 Å². The van der Waals surface area contributed by atoms with Crippen LogP contribution in [0.2, 0.25) is 0 Å². The van der Waals surface area contributed by atoms with Gasteiger partial charge in [0.2, 0.25) is 0 Å². The van der Waals surface area contributed by atoms with E-state index in [9.17, 15) is 9.59 Å². The lowest BCUT2D eigenvalue weighted by Gasteiger charge is -2.10. The number of ether oxygens (including phenoxy) is 4. The maximum Gasteiger partial charge on any atom is 0.339 e. The molecule has 7 nitrogen and oxygen atoms in total. The van der Waals surface area contributed by atoms with Gasteiger partial charge in [0.25, 0.3) is 0 Å². The lowest BCUT2D eigenvalue weighted by Crippen LogP contribution is -2.17. The maximum atomic E-state index is 11.7. The van der Waals surface area contributed by atoms with Crippen molar-refractivity contribution in [3.8, 4) is 5.75 Å². The summed E-state index contributed by atoms with van der Waals surface area (Å²) in [7, 11) is 0.